The number of carbonyl (C=O) groups excluding carboxylic acids is 1. The second-order valence-corrected chi connectivity index (χ2v) is 5.58. The van der Waals surface area contributed by atoms with Gasteiger partial charge in [0.2, 0.25) is 0 Å². The standard InChI is InChI=1S/C13H11N3O2S2/c17-11(15-12(19)16-13-14-5-6-20-13)10-7-8-3-1-2-4-9(8)18-10/h1-4,7H,5-6H2,(H2,14,15,16,17,19). The van der Waals surface area contributed by atoms with Crippen LogP contribution in [0.4, 0.5) is 0 Å². The fourth-order valence-electron chi connectivity index (χ4n) is 1.80. The molecular weight excluding hydrogens is 294 g/mol. The molecule has 3 rings (SSSR count). The van der Waals surface area contributed by atoms with Crippen molar-refractivity contribution in [3.8, 4) is 0 Å². The first-order valence-corrected chi connectivity index (χ1v) is 7.40. The molecule has 0 saturated heterocycles. The zero-order valence-corrected chi connectivity index (χ0v) is 12.0. The number of hydrogen-bond acceptors (Lipinski definition) is 5. The highest BCUT2D eigenvalue weighted by molar-refractivity contribution is 8.14. The molecule has 1 amide bonds. The third-order valence-corrected chi connectivity index (χ3v) is 3.78. The Labute approximate surface area is 124 Å². The van der Waals surface area contributed by atoms with Crippen molar-refractivity contribution in [1.82, 2.24) is 10.6 Å². The average molecular weight is 305 g/mol. The molecule has 2 heterocycles. The predicted molar refractivity (Wildman–Crippen MR) is 84.2 cm³/mol. The van der Waals surface area contributed by atoms with Gasteiger partial charge in [-0.15, -0.1) is 0 Å². The van der Waals surface area contributed by atoms with Crippen molar-refractivity contribution in [2.75, 3.05) is 12.3 Å². The molecule has 5 nitrogen and oxygen atoms in total. The molecule has 0 unspecified atom stereocenters. The second-order valence-electron chi connectivity index (χ2n) is 4.09. The molecule has 1 aliphatic rings. The number of nitrogens with zero attached hydrogens (tertiary/aromatic N) is 1. The van der Waals surface area contributed by atoms with Gasteiger partial charge in [0, 0.05) is 11.1 Å². The molecule has 2 N–H and O–H groups in total. The first-order valence-electron chi connectivity index (χ1n) is 6.00. The Hall–Kier alpha value is -1.86. The van der Waals surface area contributed by atoms with E-state index >= 15 is 0 Å². The normalized spacial score (nSPS) is 14.1. The van der Waals surface area contributed by atoms with Crippen LogP contribution >= 0.6 is 24.0 Å². The predicted octanol–water partition coefficient (Wildman–Crippen LogP) is 2.14. The molecule has 0 bridgehead atoms. The van der Waals surface area contributed by atoms with Crippen molar-refractivity contribution in [3.63, 3.8) is 0 Å². The van der Waals surface area contributed by atoms with Crippen LogP contribution in [0.2, 0.25) is 0 Å². The van der Waals surface area contributed by atoms with Gasteiger partial charge in [-0.1, -0.05) is 30.0 Å². The first-order chi connectivity index (χ1) is 9.72. The zero-order chi connectivity index (χ0) is 13.9. The van der Waals surface area contributed by atoms with E-state index in [0.717, 1.165) is 22.9 Å². The summed E-state index contributed by atoms with van der Waals surface area (Å²) in [6, 6.07) is 9.13. The summed E-state index contributed by atoms with van der Waals surface area (Å²) >= 11 is 6.64. The molecule has 0 fully saturated rings. The molecule has 2 aromatic rings. The van der Waals surface area contributed by atoms with E-state index in [4.69, 9.17) is 16.6 Å². The van der Waals surface area contributed by atoms with E-state index in [1.165, 1.54) is 0 Å². The highest BCUT2D eigenvalue weighted by Gasteiger charge is 2.15. The van der Waals surface area contributed by atoms with Crippen LogP contribution in [-0.4, -0.2) is 28.5 Å². The number of amidine groups is 1. The number of thiocarbonyl (C=S) groups is 1. The second kappa shape index (κ2) is 5.64. The number of carbonyl (C=O) groups is 1. The van der Waals surface area contributed by atoms with E-state index in [9.17, 15) is 4.79 Å². The number of fused-ring (bicyclic) bond motifs is 1. The Bertz CT molecular complexity index is 675. The van der Waals surface area contributed by atoms with Gasteiger partial charge in [0.15, 0.2) is 16.0 Å². The van der Waals surface area contributed by atoms with E-state index in [1.54, 1.807) is 17.8 Å². The summed E-state index contributed by atoms with van der Waals surface area (Å²) in [6.45, 7) is 0.771. The quantitative estimate of drug-likeness (QED) is 0.790. The van der Waals surface area contributed by atoms with Gasteiger partial charge in [-0.25, -0.2) is 0 Å². The number of benzene rings is 1. The Morgan fingerprint density at radius 3 is 3.00 bits per heavy atom. The number of para-hydroxylation sites is 1. The first kappa shape index (κ1) is 13.1. The number of hydrogen-bond donors (Lipinski definition) is 2. The Balaban J connectivity index is 1.67. The van der Waals surface area contributed by atoms with Crippen LogP contribution in [0.3, 0.4) is 0 Å². The monoisotopic (exact) mass is 305 g/mol. The van der Waals surface area contributed by atoms with E-state index in [-0.39, 0.29) is 16.8 Å². The lowest BCUT2D eigenvalue weighted by Gasteiger charge is -2.06. The van der Waals surface area contributed by atoms with Crippen molar-refractivity contribution in [2.24, 2.45) is 4.99 Å². The lowest BCUT2D eigenvalue weighted by atomic mass is 10.2. The minimum atomic E-state index is -0.373. The summed E-state index contributed by atoms with van der Waals surface area (Å²) in [5, 5.41) is 7.30. The minimum absolute atomic E-state index is 0.226. The topological polar surface area (TPSA) is 66.6 Å². The van der Waals surface area contributed by atoms with Gasteiger partial charge in [-0.3, -0.25) is 15.1 Å². The number of amides is 1. The van der Waals surface area contributed by atoms with E-state index < -0.39 is 0 Å². The molecule has 1 aromatic heterocycles. The molecular formula is C13H11N3O2S2. The minimum Gasteiger partial charge on any atom is -0.451 e. The SMILES string of the molecule is O=C(NC(=S)NC1=NCCS1)c1cc2ccccc2o1. The van der Waals surface area contributed by atoms with Crippen LogP contribution < -0.4 is 10.6 Å². The van der Waals surface area contributed by atoms with Gasteiger partial charge in [0.1, 0.15) is 5.58 Å². The molecule has 0 aliphatic carbocycles. The molecule has 1 aromatic carbocycles. The van der Waals surface area contributed by atoms with Crippen molar-refractivity contribution < 1.29 is 9.21 Å². The fourth-order valence-corrected chi connectivity index (χ4v) is 2.78. The van der Waals surface area contributed by atoms with E-state index in [0.29, 0.717) is 5.58 Å². The zero-order valence-electron chi connectivity index (χ0n) is 10.4. The van der Waals surface area contributed by atoms with Crippen molar-refractivity contribution in [1.29, 1.82) is 0 Å². The molecule has 20 heavy (non-hydrogen) atoms. The van der Waals surface area contributed by atoms with E-state index in [1.807, 2.05) is 24.3 Å². The van der Waals surface area contributed by atoms with Crippen molar-refractivity contribution in [2.45, 2.75) is 0 Å². The molecule has 102 valence electrons. The molecule has 0 radical (unpaired) electrons. The van der Waals surface area contributed by atoms with Crippen LogP contribution in [-0.2, 0) is 0 Å². The molecule has 0 saturated carbocycles. The van der Waals surface area contributed by atoms with Crippen LogP contribution in [0.15, 0.2) is 39.7 Å². The smallest absolute Gasteiger partial charge is 0.293 e. The highest BCUT2D eigenvalue weighted by atomic mass is 32.2. The summed E-state index contributed by atoms with van der Waals surface area (Å²) in [4.78, 5) is 16.2. The van der Waals surface area contributed by atoms with Crippen LogP contribution in [0.5, 0.6) is 0 Å². The number of aliphatic imine (C=N–C) groups is 1. The lowest BCUT2D eigenvalue weighted by Crippen LogP contribution is -2.40. The number of nitrogens with one attached hydrogen (secondary N) is 2. The van der Waals surface area contributed by atoms with Gasteiger partial charge >= 0.3 is 0 Å². The van der Waals surface area contributed by atoms with E-state index in [2.05, 4.69) is 15.6 Å². The summed E-state index contributed by atoms with van der Waals surface area (Å²) in [7, 11) is 0. The molecule has 0 atom stereocenters. The Morgan fingerprint density at radius 1 is 1.40 bits per heavy atom. The van der Waals surface area contributed by atoms with Gasteiger partial charge in [-0.2, -0.15) is 0 Å². The number of rotatable bonds is 1. The summed E-state index contributed by atoms with van der Waals surface area (Å²) in [5.74, 6) is 0.793. The van der Waals surface area contributed by atoms with Crippen molar-refractivity contribution >= 4 is 51.1 Å². The highest BCUT2D eigenvalue weighted by Crippen LogP contribution is 2.18. The van der Waals surface area contributed by atoms with Crippen molar-refractivity contribution in [3.05, 3.63) is 36.1 Å². The van der Waals surface area contributed by atoms with Crippen LogP contribution in [0, 0.1) is 0 Å². The summed E-state index contributed by atoms with van der Waals surface area (Å²) in [5.41, 5.74) is 0.673. The van der Waals surface area contributed by atoms with Gasteiger partial charge < -0.3 is 9.73 Å². The van der Waals surface area contributed by atoms with Crippen LogP contribution in [0.25, 0.3) is 11.0 Å². The Kier molecular flexibility index (Phi) is 3.70. The van der Waals surface area contributed by atoms with Gasteiger partial charge in [0.25, 0.3) is 5.91 Å². The molecule has 0 spiro atoms. The van der Waals surface area contributed by atoms with Gasteiger partial charge in [-0.05, 0) is 24.4 Å². The lowest BCUT2D eigenvalue weighted by molar-refractivity contribution is 0.0952. The third-order valence-electron chi connectivity index (χ3n) is 2.68. The number of furan rings is 1. The maximum absolute atomic E-state index is 12.0. The molecule has 7 heteroatoms. The maximum atomic E-state index is 12.0. The largest absolute Gasteiger partial charge is 0.451 e. The van der Waals surface area contributed by atoms with Gasteiger partial charge in [0.05, 0.1) is 6.54 Å². The third kappa shape index (κ3) is 2.83. The Morgan fingerprint density at radius 2 is 2.25 bits per heavy atom. The van der Waals surface area contributed by atoms with Crippen LogP contribution in [0.1, 0.15) is 10.6 Å². The summed E-state index contributed by atoms with van der Waals surface area (Å²) < 4.78 is 5.47. The number of thioether (sulfide) groups is 1. The summed E-state index contributed by atoms with van der Waals surface area (Å²) in [6.07, 6.45) is 0. The average Bonchev–Trinajstić information content (AvgIpc) is 3.06. The maximum Gasteiger partial charge on any atom is 0.293 e. The fraction of sp³-hybridized carbons (Fsp3) is 0.154. The molecule has 1 aliphatic heterocycles.